The normalized spacial score (nSPS) is 14.1. The van der Waals surface area contributed by atoms with Crippen LogP contribution in [0.5, 0.6) is 5.88 Å². The van der Waals surface area contributed by atoms with Crippen molar-refractivity contribution in [3.8, 4) is 28.4 Å². The summed E-state index contributed by atoms with van der Waals surface area (Å²) < 4.78 is 11.4. The third-order valence-corrected chi connectivity index (χ3v) is 7.71. The molecule has 2 aromatic heterocycles. The van der Waals surface area contributed by atoms with Crippen LogP contribution in [0.4, 0.5) is 10.5 Å². The molecule has 1 aliphatic rings. The number of halogens is 2. The lowest BCUT2D eigenvalue weighted by atomic mass is 10.0. The van der Waals surface area contributed by atoms with Crippen LogP contribution >= 0.6 is 23.2 Å². The third-order valence-electron chi connectivity index (χ3n) is 6.90. The molecule has 0 bridgehead atoms. The van der Waals surface area contributed by atoms with E-state index in [-0.39, 0.29) is 18.5 Å². The van der Waals surface area contributed by atoms with Gasteiger partial charge in [0.05, 0.1) is 40.8 Å². The van der Waals surface area contributed by atoms with Gasteiger partial charge in [-0.05, 0) is 57.9 Å². The first-order valence-electron chi connectivity index (χ1n) is 13.4. The second kappa shape index (κ2) is 12.5. The van der Waals surface area contributed by atoms with Gasteiger partial charge in [0.25, 0.3) is 0 Å². The van der Waals surface area contributed by atoms with Crippen molar-refractivity contribution in [2.45, 2.75) is 58.7 Å². The molecule has 41 heavy (non-hydrogen) atoms. The van der Waals surface area contributed by atoms with E-state index in [9.17, 15) is 9.59 Å². The number of nitrogens with two attached hydrogens (primary N) is 1. The molecule has 3 heterocycles. The summed E-state index contributed by atoms with van der Waals surface area (Å²) in [5, 5.41) is 0.742. The number of benzene rings is 1. The van der Waals surface area contributed by atoms with Crippen LogP contribution in [0.1, 0.15) is 46.1 Å². The number of hydrogen-bond donors (Lipinski definition) is 1. The highest BCUT2D eigenvalue weighted by atomic mass is 35.5. The molecule has 3 aromatic rings. The summed E-state index contributed by atoms with van der Waals surface area (Å²) in [5.41, 5.74) is 8.78. The maximum absolute atomic E-state index is 13.4. The van der Waals surface area contributed by atoms with Crippen LogP contribution in [0.15, 0.2) is 42.6 Å². The fraction of sp³-hybridized carbons (Fsp3) is 0.400. The molecule has 4 rings (SSSR count). The van der Waals surface area contributed by atoms with Crippen LogP contribution in [0.2, 0.25) is 10.0 Å². The van der Waals surface area contributed by atoms with Crippen LogP contribution in [-0.2, 0) is 16.1 Å². The SMILES string of the molecule is COc1nc(-c2ccnc(-c3cccc(N)c3Cl)c2Cl)ccc1CN(C(=O)OC(C)(C)C)C1CCN(C(C)=O)CC1. The van der Waals surface area contributed by atoms with Gasteiger partial charge in [0.15, 0.2) is 0 Å². The predicted octanol–water partition coefficient (Wildman–Crippen LogP) is 6.46. The standard InChI is InChI=1S/C30H35Cl2N5O4/c1-18(38)36-15-12-20(13-16-36)37(29(39)41-30(2,3)4)17-19-9-10-24(35-28(19)40-5)21-11-14-34-27(26(21)32)22-7-6-8-23(33)25(22)31/h6-11,14,20H,12-13,15-17,33H2,1-5H3. The molecule has 11 heteroatoms. The van der Waals surface area contributed by atoms with Gasteiger partial charge in [-0.2, -0.15) is 0 Å². The zero-order chi connectivity index (χ0) is 29.9. The lowest BCUT2D eigenvalue weighted by Crippen LogP contribution is -2.49. The first-order chi connectivity index (χ1) is 19.4. The maximum Gasteiger partial charge on any atom is 0.410 e. The number of carbonyl (C=O) groups excluding carboxylic acids is 2. The number of aromatic nitrogens is 2. The van der Waals surface area contributed by atoms with Crippen LogP contribution in [0.25, 0.3) is 22.5 Å². The van der Waals surface area contributed by atoms with E-state index in [1.165, 1.54) is 7.11 Å². The number of likely N-dealkylation sites (tertiary alicyclic amines) is 1. The number of amides is 2. The number of carbonyl (C=O) groups is 2. The van der Waals surface area contributed by atoms with E-state index < -0.39 is 11.7 Å². The first-order valence-corrected chi connectivity index (χ1v) is 14.1. The van der Waals surface area contributed by atoms with E-state index >= 15 is 0 Å². The van der Waals surface area contributed by atoms with Crippen LogP contribution in [-0.4, -0.2) is 63.6 Å². The highest BCUT2D eigenvalue weighted by Crippen LogP contribution is 2.39. The summed E-state index contributed by atoms with van der Waals surface area (Å²) in [6, 6.07) is 10.7. The molecular formula is C30H35Cl2N5O4. The van der Waals surface area contributed by atoms with Gasteiger partial charge in [-0.3, -0.25) is 9.78 Å². The van der Waals surface area contributed by atoms with Gasteiger partial charge in [0.2, 0.25) is 11.8 Å². The number of methoxy groups -OCH3 is 1. The van der Waals surface area contributed by atoms with Crippen molar-refractivity contribution in [1.82, 2.24) is 19.8 Å². The Balaban J connectivity index is 1.66. The van der Waals surface area contributed by atoms with Crippen molar-refractivity contribution in [3.63, 3.8) is 0 Å². The van der Waals surface area contributed by atoms with Crippen molar-refractivity contribution in [2.24, 2.45) is 0 Å². The molecule has 0 aliphatic carbocycles. The number of anilines is 1. The van der Waals surface area contributed by atoms with Gasteiger partial charge in [-0.25, -0.2) is 9.78 Å². The van der Waals surface area contributed by atoms with Gasteiger partial charge >= 0.3 is 6.09 Å². The molecule has 9 nitrogen and oxygen atoms in total. The average molecular weight is 601 g/mol. The number of hydrogen-bond acceptors (Lipinski definition) is 7. The summed E-state index contributed by atoms with van der Waals surface area (Å²) in [6.45, 7) is 8.45. The zero-order valence-electron chi connectivity index (χ0n) is 23.9. The van der Waals surface area contributed by atoms with Gasteiger partial charge < -0.3 is 25.0 Å². The second-order valence-corrected chi connectivity index (χ2v) is 11.7. The summed E-state index contributed by atoms with van der Waals surface area (Å²) in [4.78, 5) is 37.9. The fourth-order valence-corrected chi connectivity index (χ4v) is 5.34. The number of pyridine rings is 2. The van der Waals surface area contributed by atoms with Gasteiger partial charge in [-0.1, -0.05) is 35.3 Å². The Morgan fingerprint density at radius 2 is 1.78 bits per heavy atom. The minimum atomic E-state index is -0.663. The largest absolute Gasteiger partial charge is 0.481 e. The number of nitrogen functional groups attached to an aromatic ring is 1. The van der Waals surface area contributed by atoms with Gasteiger partial charge in [0.1, 0.15) is 5.60 Å². The molecule has 0 spiro atoms. The second-order valence-electron chi connectivity index (χ2n) is 10.9. The monoisotopic (exact) mass is 599 g/mol. The Morgan fingerprint density at radius 3 is 2.41 bits per heavy atom. The minimum absolute atomic E-state index is 0.0321. The molecule has 1 fully saturated rings. The summed E-state index contributed by atoms with van der Waals surface area (Å²) in [5.74, 6) is 0.387. The van der Waals surface area contributed by atoms with Crippen molar-refractivity contribution >= 4 is 40.9 Å². The minimum Gasteiger partial charge on any atom is -0.481 e. The summed E-state index contributed by atoms with van der Waals surface area (Å²) >= 11 is 13.3. The summed E-state index contributed by atoms with van der Waals surface area (Å²) in [6.07, 6.45) is 2.50. The van der Waals surface area contributed by atoms with Crippen molar-refractivity contribution in [3.05, 3.63) is 58.2 Å². The van der Waals surface area contributed by atoms with E-state index in [1.807, 2.05) is 32.9 Å². The molecule has 0 saturated carbocycles. The Morgan fingerprint density at radius 1 is 1.07 bits per heavy atom. The highest BCUT2D eigenvalue weighted by molar-refractivity contribution is 6.38. The molecule has 0 radical (unpaired) electrons. The lowest BCUT2D eigenvalue weighted by molar-refractivity contribution is -0.130. The maximum atomic E-state index is 13.4. The fourth-order valence-electron chi connectivity index (χ4n) is 4.82. The van der Waals surface area contributed by atoms with E-state index in [4.69, 9.17) is 43.4 Å². The topological polar surface area (TPSA) is 111 Å². The summed E-state index contributed by atoms with van der Waals surface area (Å²) in [7, 11) is 1.53. The zero-order valence-corrected chi connectivity index (χ0v) is 25.4. The van der Waals surface area contributed by atoms with E-state index in [1.54, 1.807) is 47.2 Å². The number of rotatable bonds is 6. The Labute approximate surface area is 250 Å². The Hall–Kier alpha value is -3.56. The molecule has 0 atom stereocenters. The molecule has 0 unspecified atom stereocenters. The third kappa shape index (κ3) is 7.02. The first kappa shape index (κ1) is 30.4. The Bertz CT molecular complexity index is 1430. The van der Waals surface area contributed by atoms with Crippen molar-refractivity contribution in [2.75, 3.05) is 25.9 Å². The Kier molecular flexibility index (Phi) is 9.29. The van der Waals surface area contributed by atoms with Crippen molar-refractivity contribution < 1.29 is 19.1 Å². The number of ether oxygens (including phenoxy) is 2. The number of nitrogens with zero attached hydrogens (tertiary/aromatic N) is 4. The average Bonchev–Trinajstić information content (AvgIpc) is 2.92. The molecular weight excluding hydrogens is 565 g/mol. The quantitative estimate of drug-likeness (QED) is 0.324. The number of piperidine rings is 1. The predicted molar refractivity (Wildman–Crippen MR) is 161 cm³/mol. The van der Waals surface area contributed by atoms with Crippen LogP contribution in [0.3, 0.4) is 0 Å². The van der Waals surface area contributed by atoms with Crippen LogP contribution in [0, 0.1) is 0 Å². The van der Waals surface area contributed by atoms with E-state index in [2.05, 4.69) is 4.98 Å². The molecule has 1 aromatic carbocycles. The molecule has 1 aliphatic heterocycles. The molecule has 218 valence electrons. The highest BCUT2D eigenvalue weighted by Gasteiger charge is 2.32. The lowest BCUT2D eigenvalue weighted by Gasteiger charge is -2.39. The van der Waals surface area contributed by atoms with E-state index in [0.717, 1.165) is 0 Å². The van der Waals surface area contributed by atoms with Gasteiger partial charge in [0, 0.05) is 48.9 Å². The molecule has 2 amide bonds. The van der Waals surface area contributed by atoms with E-state index in [0.29, 0.717) is 75.6 Å². The smallest absolute Gasteiger partial charge is 0.410 e. The van der Waals surface area contributed by atoms with Crippen LogP contribution < -0.4 is 10.5 Å². The van der Waals surface area contributed by atoms with Gasteiger partial charge in [-0.15, -0.1) is 0 Å². The molecule has 2 N–H and O–H groups in total. The van der Waals surface area contributed by atoms with Crippen molar-refractivity contribution in [1.29, 1.82) is 0 Å². The molecule has 1 saturated heterocycles.